The third-order valence-electron chi connectivity index (χ3n) is 5.78. The number of rotatable bonds is 5. The molecule has 0 spiro atoms. The topological polar surface area (TPSA) is 0 Å². The highest BCUT2D eigenvalue weighted by atomic mass is 14.4. The Kier molecular flexibility index (Phi) is 6.05. The van der Waals surface area contributed by atoms with Crippen LogP contribution in [0.15, 0.2) is 0 Å². The molecule has 0 radical (unpaired) electrons. The van der Waals surface area contributed by atoms with Crippen LogP contribution in [0.1, 0.15) is 90.9 Å². The van der Waals surface area contributed by atoms with Gasteiger partial charge in [-0.05, 0) is 42.9 Å². The average molecular weight is 250 g/mol. The predicted molar refractivity (Wildman–Crippen MR) is 80.7 cm³/mol. The average Bonchev–Trinajstić information content (AvgIpc) is 2.41. The van der Waals surface area contributed by atoms with E-state index in [1.54, 1.807) is 38.5 Å². The van der Waals surface area contributed by atoms with Gasteiger partial charge in [0.15, 0.2) is 0 Å². The first-order valence-electron chi connectivity index (χ1n) is 8.83. The highest BCUT2D eigenvalue weighted by Crippen LogP contribution is 2.43. The second kappa shape index (κ2) is 7.56. The lowest BCUT2D eigenvalue weighted by Crippen LogP contribution is -2.26. The summed E-state index contributed by atoms with van der Waals surface area (Å²) < 4.78 is 0. The maximum absolute atomic E-state index is 2.36. The molecule has 0 nitrogen and oxygen atoms in total. The molecule has 0 aromatic heterocycles. The number of hydrogen-bond acceptors (Lipinski definition) is 0. The van der Waals surface area contributed by atoms with Crippen LogP contribution in [-0.2, 0) is 0 Å². The Morgan fingerprint density at radius 2 is 1.33 bits per heavy atom. The normalized spacial score (nSPS) is 37.7. The van der Waals surface area contributed by atoms with Crippen molar-refractivity contribution in [3.8, 4) is 0 Å². The van der Waals surface area contributed by atoms with Crippen LogP contribution in [0.5, 0.6) is 0 Å². The highest BCUT2D eigenvalue weighted by Gasteiger charge is 2.30. The molecule has 106 valence electrons. The van der Waals surface area contributed by atoms with Crippen molar-refractivity contribution < 1.29 is 0 Å². The smallest absolute Gasteiger partial charge is 0.0383 e. The molecular weight excluding hydrogens is 216 g/mol. The Morgan fingerprint density at radius 3 is 2.00 bits per heavy atom. The van der Waals surface area contributed by atoms with E-state index < -0.39 is 0 Å². The Labute approximate surface area is 115 Å². The van der Waals surface area contributed by atoms with Gasteiger partial charge in [0.25, 0.3) is 0 Å². The van der Waals surface area contributed by atoms with Gasteiger partial charge in [-0.2, -0.15) is 0 Å². The first-order chi connectivity index (χ1) is 8.83. The Hall–Kier alpha value is 0. The van der Waals surface area contributed by atoms with Crippen LogP contribution in [0.25, 0.3) is 0 Å². The van der Waals surface area contributed by atoms with Crippen LogP contribution >= 0.6 is 0 Å². The fourth-order valence-corrected chi connectivity index (χ4v) is 4.79. The van der Waals surface area contributed by atoms with Gasteiger partial charge in [0.2, 0.25) is 0 Å². The lowest BCUT2D eigenvalue weighted by atomic mass is 9.67. The molecule has 2 atom stereocenters. The molecule has 0 unspecified atom stereocenters. The zero-order chi connectivity index (χ0) is 12.8. The second-order valence-electron chi connectivity index (χ2n) is 7.15. The zero-order valence-electron chi connectivity index (χ0n) is 12.8. The monoisotopic (exact) mass is 250 g/mol. The molecule has 0 aromatic carbocycles. The van der Waals surface area contributed by atoms with Crippen molar-refractivity contribution in [2.45, 2.75) is 90.9 Å². The van der Waals surface area contributed by atoms with Gasteiger partial charge < -0.3 is 0 Å². The van der Waals surface area contributed by atoms with Crippen LogP contribution in [0, 0.1) is 23.7 Å². The first-order valence-corrected chi connectivity index (χ1v) is 8.83. The quantitative estimate of drug-likeness (QED) is 0.545. The van der Waals surface area contributed by atoms with Gasteiger partial charge in [-0.25, -0.2) is 0 Å². The second-order valence-corrected chi connectivity index (χ2v) is 7.15. The van der Waals surface area contributed by atoms with Crippen LogP contribution in [0.2, 0.25) is 0 Å². The van der Waals surface area contributed by atoms with Gasteiger partial charge in [-0.15, -0.1) is 0 Å². The van der Waals surface area contributed by atoms with Crippen molar-refractivity contribution >= 4 is 0 Å². The summed E-state index contributed by atoms with van der Waals surface area (Å²) in [6.45, 7) is 4.71. The van der Waals surface area contributed by atoms with Crippen LogP contribution in [0.3, 0.4) is 0 Å². The summed E-state index contributed by atoms with van der Waals surface area (Å²) in [5, 5.41) is 0. The van der Waals surface area contributed by atoms with Crippen molar-refractivity contribution in [2.75, 3.05) is 0 Å². The van der Waals surface area contributed by atoms with E-state index in [-0.39, 0.29) is 0 Å². The van der Waals surface area contributed by atoms with E-state index in [1.165, 1.54) is 38.5 Å². The number of hydrogen-bond donors (Lipinski definition) is 0. The Balaban J connectivity index is 1.75. The molecule has 18 heavy (non-hydrogen) atoms. The summed E-state index contributed by atoms with van der Waals surface area (Å²) >= 11 is 0. The van der Waals surface area contributed by atoms with Gasteiger partial charge in [0, 0.05) is 0 Å². The van der Waals surface area contributed by atoms with E-state index in [2.05, 4.69) is 13.8 Å². The fraction of sp³-hybridized carbons (Fsp3) is 1.00. The van der Waals surface area contributed by atoms with E-state index in [1.807, 2.05) is 0 Å². The van der Waals surface area contributed by atoms with Crippen molar-refractivity contribution in [2.24, 2.45) is 23.7 Å². The van der Waals surface area contributed by atoms with E-state index >= 15 is 0 Å². The molecule has 2 saturated carbocycles. The molecule has 0 heteroatoms. The molecule has 2 rings (SSSR count). The molecule has 2 aliphatic rings. The van der Waals surface area contributed by atoms with Crippen molar-refractivity contribution in [3.63, 3.8) is 0 Å². The Morgan fingerprint density at radius 1 is 0.667 bits per heavy atom. The molecule has 0 saturated heterocycles. The maximum Gasteiger partial charge on any atom is -0.0383 e. The summed E-state index contributed by atoms with van der Waals surface area (Å²) in [5.74, 6) is 4.39. The predicted octanol–water partition coefficient (Wildman–Crippen LogP) is 6.20. The summed E-state index contributed by atoms with van der Waals surface area (Å²) in [6, 6.07) is 0. The fourth-order valence-electron chi connectivity index (χ4n) is 4.79. The summed E-state index contributed by atoms with van der Waals surface area (Å²) in [6.07, 6.45) is 18.2. The zero-order valence-corrected chi connectivity index (χ0v) is 12.8. The van der Waals surface area contributed by atoms with Gasteiger partial charge in [0.05, 0.1) is 0 Å². The lowest BCUT2D eigenvalue weighted by Gasteiger charge is -2.38. The van der Waals surface area contributed by atoms with E-state index in [0.717, 1.165) is 23.7 Å². The van der Waals surface area contributed by atoms with Crippen molar-refractivity contribution in [1.82, 2.24) is 0 Å². The molecule has 0 amide bonds. The van der Waals surface area contributed by atoms with Gasteiger partial charge in [0.1, 0.15) is 0 Å². The van der Waals surface area contributed by atoms with Crippen LogP contribution in [-0.4, -0.2) is 0 Å². The molecule has 0 aliphatic heterocycles. The summed E-state index contributed by atoms with van der Waals surface area (Å²) in [4.78, 5) is 0. The molecule has 0 aromatic rings. The van der Waals surface area contributed by atoms with E-state index in [9.17, 15) is 0 Å². The largest absolute Gasteiger partial charge is 0.0654 e. The third kappa shape index (κ3) is 4.00. The standard InChI is InChI=1S/C18H34/c1-3-6-15-10-12-17(13-11-15)18-9-5-8-16(14-18)7-4-2/h15-18H,3-14H2,1-2H3/t15?,16-,17?,18-/m1/s1. The minimum atomic E-state index is 1.08. The lowest BCUT2D eigenvalue weighted by molar-refractivity contribution is 0.133. The minimum Gasteiger partial charge on any atom is -0.0654 e. The molecule has 2 fully saturated rings. The Bertz CT molecular complexity index is 210. The molecule has 0 bridgehead atoms. The molecule has 2 aliphatic carbocycles. The molecule has 0 N–H and O–H groups in total. The molecular formula is C18H34. The summed E-state index contributed by atoms with van der Waals surface area (Å²) in [5.41, 5.74) is 0. The van der Waals surface area contributed by atoms with Gasteiger partial charge >= 0.3 is 0 Å². The maximum atomic E-state index is 2.36. The minimum absolute atomic E-state index is 1.08. The van der Waals surface area contributed by atoms with E-state index in [4.69, 9.17) is 0 Å². The first kappa shape index (κ1) is 14.4. The van der Waals surface area contributed by atoms with Crippen molar-refractivity contribution in [3.05, 3.63) is 0 Å². The van der Waals surface area contributed by atoms with Gasteiger partial charge in [-0.1, -0.05) is 71.6 Å². The SMILES string of the molecule is CCCC1CCC([C@@H]2CCC[C@@H](CCC)C2)CC1. The van der Waals surface area contributed by atoms with Crippen LogP contribution < -0.4 is 0 Å². The third-order valence-corrected chi connectivity index (χ3v) is 5.78. The highest BCUT2D eigenvalue weighted by molar-refractivity contribution is 4.82. The van der Waals surface area contributed by atoms with E-state index in [0.29, 0.717) is 0 Å². The van der Waals surface area contributed by atoms with Crippen molar-refractivity contribution in [1.29, 1.82) is 0 Å². The molecule has 0 heterocycles. The van der Waals surface area contributed by atoms with Gasteiger partial charge in [-0.3, -0.25) is 0 Å². The summed E-state index contributed by atoms with van der Waals surface area (Å²) in [7, 11) is 0. The van der Waals surface area contributed by atoms with Crippen LogP contribution in [0.4, 0.5) is 0 Å².